The molecule has 0 aliphatic carbocycles. The van der Waals surface area contributed by atoms with Crippen molar-refractivity contribution in [1.82, 2.24) is 4.42 Å². The normalized spacial score (nSPS) is 21.6. The van der Waals surface area contributed by atoms with Crippen LogP contribution in [0.2, 0.25) is 0 Å². The second-order valence-corrected chi connectivity index (χ2v) is 8.18. The van der Waals surface area contributed by atoms with E-state index in [0.717, 1.165) is 0 Å². The van der Waals surface area contributed by atoms with Crippen molar-refractivity contribution in [1.29, 1.82) is 0 Å². The molecule has 6 nitrogen and oxygen atoms in total. The van der Waals surface area contributed by atoms with Crippen LogP contribution in [0.3, 0.4) is 0 Å². The number of aliphatic carboxylic acids is 1. The lowest BCUT2D eigenvalue weighted by Gasteiger charge is -2.36. The second kappa shape index (κ2) is 7.43. The molecule has 2 rings (SSSR count). The fourth-order valence-electron chi connectivity index (χ4n) is 2.61. The molecule has 1 atom stereocenters. The molecule has 0 saturated carbocycles. The molecule has 0 amide bonds. The van der Waals surface area contributed by atoms with E-state index in [1.165, 1.54) is 28.7 Å². The first-order valence-electron chi connectivity index (χ1n) is 7.35. The molecule has 1 aromatic carbocycles. The minimum Gasteiger partial charge on any atom is -0.481 e. The Labute approximate surface area is 146 Å². The van der Waals surface area contributed by atoms with Crippen molar-refractivity contribution in [3.05, 3.63) is 24.3 Å². The number of rotatable bonds is 5. The zero-order valence-electron chi connectivity index (χ0n) is 13.2. The minimum atomic E-state index is -4.11. The average Bonchev–Trinajstić information content (AvgIpc) is 2.55. The van der Waals surface area contributed by atoms with Crippen LogP contribution >= 0.6 is 11.8 Å². The highest BCUT2D eigenvalue weighted by molar-refractivity contribution is 7.93. The fourth-order valence-corrected chi connectivity index (χ4v) is 4.92. The Bertz CT molecular complexity index is 766. The van der Waals surface area contributed by atoms with Crippen molar-refractivity contribution in [2.45, 2.75) is 29.4 Å². The van der Waals surface area contributed by atoms with Gasteiger partial charge in [0.05, 0.1) is 4.90 Å². The molecule has 130 valence electrons. The molecular weight excluding hydrogens is 354 g/mol. The predicted octanol–water partition coefficient (Wildman–Crippen LogP) is 1.94. The van der Waals surface area contributed by atoms with Crippen molar-refractivity contribution in [2.75, 3.05) is 19.7 Å². The Hall–Kier alpha value is -1.75. The third kappa shape index (κ3) is 3.51. The third-order valence-corrected chi connectivity index (χ3v) is 6.65. The summed E-state index contributed by atoms with van der Waals surface area (Å²) in [4.78, 5) is 11.7. The lowest BCUT2D eigenvalue weighted by atomic mass is 9.99. The molecule has 0 radical (unpaired) electrons. The van der Waals surface area contributed by atoms with E-state index in [2.05, 4.69) is 11.8 Å². The Morgan fingerprint density at radius 1 is 1.42 bits per heavy atom. The van der Waals surface area contributed by atoms with Gasteiger partial charge in [0.25, 0.3) is 0 Å². The van der Waals surface area contributed by atoms with Gasteiger partial charge in [0.1, 0.15) is 12.4 Å². The summed E-state index contributed by atoms with van der Waals surface area (Å²) in [6.45, 7) is 2.09. The van der Waals surface area contributed by atoms with Crippen LogP contribution in [0.25, 0.3) is 0 Å². The van der Waals surface area contributed by atoms with Gasteiger partial charge in [-0.2, -0.15) is 0 Å². The number of hydrogen-bond acceptors (Lipinski definition) is 5. The van der Waals surface area contributed by atoms with E-state index in [1.54, 1.807) is 6.92 Å². The lowest BCUT2D eigenvalue weighted by Crippen LogP contribution is -2.55. The van der Waals surface area contributed by atoms with Crippen molar-refractivity contribution in [3.63, 3.8) is 0 Å². The molecule has 0 spiro atoms. The monoisotopic (exact) mass is 371 g/mol. The Morgan fingerprint density at radius 3 is 2.62 bits per heavy atom. The Kier molecular flexibility index (Phi) is 5.75. The molecule has 1 N–H and O–H groups in total. The van der Waals surface area contributed by atoms with E-state index in [1.807, 2.05) is 0 Å². The third-order valence-electron chi connectivity index (χ3n) is 3.93. The zero-order chi connectivity index (χ0) is 17.8. The summed E-state index contributed by atoms with van der Waals surface area (Å²) in [6, 6.07) is 5.67. The largest absolute Gasteiger partial charge is 0.481 e. The summed E-state index contributed by atoms with van der Waals surface area (Å²) in [6.07, 6.45) is 0.421. The highest BCUT2D eigenvalue weighted by Gasteiger charge is 2.54. The fraction of sp³-hybridized carbons (Fsp3) is 0.438. The Morgan fingerprint density at radius 2 is 2.08 bits per heavy atom. The molecule has 24 heavy (non-hydrogen) atoms. The van der Waals surface area contributed by atoms with Crippen LogP contribution < -0.4 is 4.74 Å². The van der Waals surface area contributed by atoms with Gasteiger partial charge >= 0.3 is 5.97 Å². The first-order chi connectivity index (χ1) is 11.3. The maximum atomic E-state index is 12.9. The van der Waals surface area contributed by atoms with E-state index in [0.29, 0.717) is 18.7 Å². The maximum absolute atomic E-state index is 12.9. The molecule has 1 aliphatic heterocycles. The number of piperidine rings is 1. The summed E-state index contributed by atoms with van der Waals surface area (Å²) in [5.41, 5.74) is 0. The maximum Gasteiger partial charge on any atom is 0.326 e. The van der Waals surface area contributed by atoms with Crippen molar-refractivity contribution in [3.8, 4) is 17.6 Å². The number of carboxylic acids is 1. The molecule has 1 saturated heterocycles. The average molecular weight is 372 g/mol. The van der Waals surface area contributed by atoms with Crippen LogP contribution in [0.15, 0.2) is 29.2 Å². The molecule has 1 fully saturated rings. The lowest BCUT2D eigenvalue weighted by molar-refractivity contribution is -0.141. The number of carbonyl (C=O) groups is 1. The van der Waals surface area contributed by atoms with Crippen LogP contribution in [-0.4, -0.2) is 48.4 Å². The van der Waals surface area contributed by atoms with Gasteiger partial charge in [-0.05, 0) is 55.8 Å². The molecule has 1 aliphatic rings. The van der Waals surface area contributed by atoms with Crippen molar-refractivity contribution in [2.24, 2.45) is 0 Å². The van der Waals surface area contributed by atoms with Gasteiger partial charge in [-0.25, -0.2) is 12.8 Å². The quantitative estimate of drug-likeness (QED) is 0.629. The summed E-state index contributed by atoms with van der Waals surface area (Å²) in [5, 5.41) is 9.60. The molecule has 1 aromatic rings. The van der Waals surface area contributed by atoms with Crippen LogP contribution in [0, 0.1) is 11.8 Å². The van der Waals surface area contributed by atoms with E-state index >= 15 is 0 Å². The SMILES string of the molecule is CC#CCOc1ccc(S(=O)(=O)C2(C(=O)O)CCCN(Cl)C2)cc1. The number of sulfone groups is 1. The van der Waals surface area contributed by atoms with Gasteiger partial charge in [0.15, 0.2) is 14.6 Å². The number of hydrogen-bond donors (Lipinski definition) is 1. The number of benzene rings is 1. The molecule has 1 heterocycles. The van der Waals surface area contributed by atoms with Gasteiger partial charge in [-0.15, -0.1) is 5.92 Å². The van der Waals surface area contributed by atoms with Gasteiger partial charge in [-0.1, -0.05) is 5.92 Å². The summed E-state index contributed by atoms with van der Waals surface area (Å²) >= 11 is 5.91. The van der Waals surface area contributed by atoms with Gasteiger partial charge in [-0.3, -0.25) is 4.79 Å². The van der Waals surface area contributed by atoms with E-state index in [-0.39, 0.29) is 24.5 Å². The van der Waals surface area contributed by atoms with Crippen LogP contribution in [0.5, 0.6) is 5.75 Å². The minimum absolute atomic E-state index is 0.0260. The summed E-state index contributed by atoms with van der Waals surface area (Å²) in [5.74, 6) is 4.49. The molecule has 0 bridgehead atoms. The molecule has 0 aromatic heterocycles. The molecule has 1 unspecified atom stereocenters. The summed E-state index contributed by atoms with van der Waals surface area (Å²) < 4.78 is 30.5. The van der Waals surface area contributed by atoms with Crippen LogP contribution in [0.1, 0.15) is 19.8 Å². The molecular formula is C16H18ClNO5S. The van der Waals surface area contributed by atoms with Gasteiger partial charge < -0.3 is 9.84 Å². The van der Waals surface area contributed by atoms with Gasteiger partial charge in [0.2, 0.25) is 0 Å². The van der Waals surface area contributed by atoms with E-state index in [4.69, 9.17) is 16.5 Å². The number of carboxylic acid groups (broad SMARTS) is 1. The van der Waals surface area contributed by atoms with E-state index in [9.17, 15) is 18.3 Å². The first kappa shape index (κ1) is 18.6. The molecule has 8 heteroatoms. The highest BCUT2D eigenvalue weighted by atomic mass is 35.5. The van der Waals surface area contributed by atoms with Crippen molar-refractivity contribution >= 4 is 27.6 Å². The van der Waals surface area contributed by atoms with Crippen LogP contribution in [0.4, 0.5) is 0 Å². The highest BCUT2D eigenvalue weighted by Crippen LogP contribution is 2.35. The predicted molar refractivity (Wildman–Crippen MR) is 89.6 cm³/mol. The second-order valence-electron chi connectivity index (χ2n) is 5.44. The smallest absolute Gasteiger partial charge is 0.326 e. The van der Waals surface area contributed by atoms with Gasteiger partial charge in [0, 0.05) is 13.1 Å². The Balaban J connectivity index is 2.33. The van der Waals surface area contributed by atoms with Crippen molar-refractivity contribution < 1.29 is 23.1 Å². The number of ether oxygens (including phenoxy) is 1. The summed E-state index contributed by atoms with van der Waals surface area (Å²) in [7, 11) is -4.11. The topological polar surface area (TPSA) is 83.9 Å². The standard InChI is InChI=1S/C16H18ClNO5S/c1-2-3-11-23-13-5-7-14(8-6-13)24(21,22)16(15(19)20)9-4-10-18(17)12-16/h5-8H,4,9-12H2,1H3,(H,19,20). The number of nitrogens with zero attached hydrogens (tertiary/aromatic N) is 1. The van der Waals surface area contributed by atoms with Crippen LogP contribution in [-0.2, 0) is 14.6 Å². The van der Waals surface area contributed by atoms with E-state index < -0.39 is 20.6 Å². The zero-order valence-corrected chi connectivity index (χ0v) is 14.7. The number of halogens is 1. The first-order valence-corrected chi connectivity index (χ1v) is 9.17.